The van der Waals surface area contributed by atoms with Gasteiger partial charge in [0.25, 0.3) is 0 Å². The van der Waals surface area contributed by atoms with Crippen molar-refractivity contribution in [3.63, 3.8) is 0 Å². The van der Waals surface area contributed by atoms with E-state index in [1.165, 1.54) is 7.11 Å². The average molecular weight is 853 g/mol. The molecule has 4 atom stereocenters. The molecule has 2 aliphatic heterocycles. The molecule has 3 aromatic carbocycles. The maximum atomic E-state index is 14.1. The quantitative estimate of drug-likeness (QED) is 0.0767. The van der Waals surface area contributed by atoms with E-state index in [9.17, 15) is 24.3 Å². The molecular formula is C47H52N10O6. The van der Waals surface area contributed by atoms with Crippen LogP contribution in [0.5, 0.6) is 0 Å². The lowest BCUT2D eigenvalue weighted by Crippen LogP contribution is -2.50. The Hall–Kier alpha value is -7.23. The number of carboxylic acid groups (broad SMARTS) is 1. The maximum absolute atomic E-state index is 14.1. The Kier molecular flexibility index (Phi) is 12.7. The largest absolute Gasteiger partial charge is 0.465 e. The highest BCUT2D eigenvalue weighted by molar-refractivity contribution is 5.87. The van der Waals surface area contributed by atoms with E-state index in [0.29, 0.717) is 37.0 Å². The van der Waals surface area contributed by atoms with E-state index in [0.717, 1.165) is 64.9 Å². The summed E-state index contributed by atoms with van der Waals surface area (Å²) in [6.07, 6.45) is 8.58. The average Bonchev–Trinajstić information content (AvgIpc) is 4.15. The summed E-state index contributed by atoms with van der Waals surface area (Å²) < 4.78 is 6.85. The molecule has 2 aliphatic rings. The van der Waals surface area contributed by atoms with Gasteiger partial charge in [0.15, 0.2) is 0 Å². The molecule has 1 unspecified atom stereocenters. The van der Waals surface area contributed by atoms with Gasteiger partial charge >= 0.3 is 12.2 Å². The number of nitrogens with one attached hydrogen (secondary N) is 4. The van der Waals surface area contributed by atoms with Crippen LogP contribution in [0.25, 0.3) is 33.6 Å². The first-order valence-electron chi connectivity index (χ1n) is 21.3. The fraction of sp³-hybridized carbons (Fsp3) is 0.340. The molecule has 16 nitrogen and oxygen atoms in total. The van der Waals surface area contributed by atoms with Gasteiger partial charge < -0.3 is 44.8 Å². The van der Waals surface area contributed by atoms with Crippen LogP contribution >= 0.6 is 0 Å². The van der Waals surface area contributed by atoms with Crippen LogP contribution in [0, 0.1) is 5.92 Å². The Morgan fingerprint density at radius 1 is 0.746 bits per heavy atom. The van der Waals surface area contributed by atoms with Crippen molar-refractivity contribution < 1.29 is 29.0 Å². The van der Waals surface area contributed by atoms with Gasteiger partial charge in [-0.2, -0.15) is 0 Å². The number of methoxy groups -OCH3 is 1. The van der Waals surface area contributed by atoms with Crippen molar-refractivity contribution in [2.45, 2.75) is 76.7 Å². The molecule has 2 fully saturated rings. The molecule has 0 saturated carbocycles. The summed E-state index contributed by atoms with van der Waals surface area (Å²) in [5, 5.41) is 14.4. The summed E-state index contributed by atoms with van der Waals surface area (Å²) in [6.45, 7) is 5.37. The summed E-state index contributed by atoms with van der Waals surface area (Å²) >= 11 is 0. The van der Waals surface area contributed by atoms with Crippen molar-refractivity contribution in [1.82, 2.24) is 49.9 Å². The second kappa shape index (κ2) is 18.8. The number of aromatic amines is 2. The number of rotatable bonds is 14. The highest BCUT2D eigenvalue weighted by Gasteiger charge is 2.38. The number of hydrogen-bond acceptors (Lipinski definition) is 8. The van der Waals surface area contributed by atoms with E-state index in [-0.39, 0.29) is 36.2 Å². The zero-order valence-corrected chi connectivity index (χ0v) is 35.5. The first-order valence-corrected chi connectivity index (χ1v) is 21.3. The molecule has 8 rings (SSSR count). The van der Waals surface area contributed by atoms with Gasteiger partial charge in [-0.15, -0.1) is 0 Å². The molecule has 4 amide bonds. The van der Waals surface area contributed by atoms with Crippen LogP contribution in [-0.2, 0) is 27.3 Å². The third kappa shape index (κ3) is 9.64. The maximum Gasteiger partial charge on any atom is 0.407 e. The van der Waals surface area contributed by atoms with Crippen LogP contribution in [0.4, 0.5) is 9.59 Å². The predicted molar refractivity (Wildman–Crippen MR) is 235 cm³/mol. The summed E-state index contributed by atoms with van der Waals surface area (Å²) in [4.78, 5) is 75.7. The molecule has 2 saturated heterocycles. The Morgan fingerprint density at radius 3 is 1.81 bits per heavy atom. The second-order valence-electron chi connectivity index (χ2n) is 16.5. The number of carbonyl (C=O) groups is 4. The fourth-order valence-corrected chi connectivity index (χ4v) is 8.65. The number of imidazole rings is 3. The first kappa shape index (κ1) is 42.5. The van der Waals surface area contributed by atoms with Gasteiger partial charge in [0.2, 0.25) is 11.8 Å². The Morgan fingerprint density at radius 2 is 1.29 bits per heavy atom. The highest BCUT2D eigenvalue weighted by atomic mass is 16.5. The van der Waals surface area contributed by atoms with Crippen molar-refractivity contribution in [3.8, 4) is 33.6 Å². The van der Waals surface area contributed by atoms with Crippen molar-refractivity contribution in [3.05, 3.63) is 127 Å². The molecule has 6 aromatic rings. The number of likely N-dealkylation sites (tertiary alicyclic amines) is 2. The number of hydrogen-bond donors (Lipinski definition) is 5. The molecule has 16 heteroatoms. The Labute approximate surface area is 365 Å². The van der Waals surface area contributed by atoms with E-state index >= 15 is 0 Å². The normalized spacial score (nSPS) is 17.1. The summed E-state index contributed by atoms with van der Waals surface area (Å²) in [7, 11) is 1.28. The van der Waals surface area contributed by atoms with Gasteiger partial charge in [-0.25, -0.2) is 24.5 Å². The van der Waals surface area contributed by atoms with Crippen LogP contribution in [0.3, 0.4) is 0 Å². The number of amides is 4. The topological polar surface area (TPSA) is 203 Å². The Balaban J connectivity index is 0.908. The summed E-state index contributed by atoms with van der Waals surface area (Å²) in [6, 6.07) is 24.2. The number of H-pyrrole nitrogens is 2. The molecule has 3 aromatic heterocycles. The molecule has 0 bridgehead atoms. The molecule has 5 heterocycles. The van der Waals surface area contributed by atoms with Crippen LogP contribution < -0.4 is 10.6 Å². The second-order valence-corrected chi connectivity index (χ2v) is 16.5. The molecule has 63 heavy (non-hydrogen) atoms. The lowest BCUT2D eigenvalue weighted by Gasteiger charge is -2.29. The highest BCUT2D eigenvalue weighted by Crippen LogP contribution is 2.35. The number of benzene rings is 3. The predicted octanol–water partition coefficient (Wildman–Crippen LogP) is 6.97. The van der Waals surface area contributed by atoms with E-state index in [1.807, 2.05) is 79.2 Å². The molecule has 326 valence electrons. The van der Waals surface area contributed by atoms with E-state index in [4.69, 9.17) is 9.72 Å². The van der Waals surface area contributed by atoms with Crippen molar-refractivity contribution in [2.24, 2.45) is 5.92 Å². The molecule has 0 radical (unpaired) electrons. The van der Waals surface area contributed by atoms with Gasteiger partial charge in [0.05, 0.1) is 55.0 Å². The minimum atomic E-state index is -1.22. The van der Waals surface area contributed by atoms with Gasteiger partial charge in [0.1, 0.15) is 23.7 Å². The summed E-state index contributed by atoms with van der Waals surface area (Å²) in [5.41, 5.74) is 7.43. The van der Waals surface area contributed by atoms with Gasteiger partial charge in [-0.3, -0.25) is 9.59 Å². The van der Waals surface area contributed by atoms with Gasteiger partial charge in [0, 0.05) is 32.3 Å². The zero-order chi connectivity index (χ0) is 44.0. The number of alkyl carbamates (subject to hydrolysis) is 1. The monoisotopic (exact) mass is 852 g/mol. The first-order chi connectivity index (χ1) is 30.5. The van der Waals surface area contributed by atoms with Crippen LogP contribution in [0.1, 0.15) is 74.5 Å². The van der Waals surface area contributed by atoms with Crippen molar-refractivity contribution in [2.75, 3.05) is 20.2 Å². The third-order valence-corrected chi connectivity index (χ3v) is 11.9. The van der Waals surface area contributed by atoms with Crippen LogP contribution in [0.2, 0.25) is 0 Å². The van der Waals surface area contributed by atoms with E-state index in [2.05, 4.69) is 54.8 Å². The lowest BCUT2D eigenvalue weighted by atomic mass is 10.0. The number of carbonyl (C=O) groups excluding carboxylic acids is 3. The summed E-state index contributed by atoms with van der Waals surface area (Å²) in [5.74, 6) is 0.714. The van der Waals surface area contributed by atoms with E-state index < -0.39 is 24.3 Å². The molecule has 5 N–H and O–H groups in total. The number of nitrogens with zero attached hydrogens (tertiary/aromatic N) is 6. The van der Waals surface area contributed by atoms with Crippen molar-refractivity contribution >= 4 is 24.0 Å². The standard InChI is InChI=1S/C47H52N10O6/c1-29(2)41(54-46(60)61)45(59)57-22-8-12-40(57)43-49-25-38(52-43)34-19-15-32(16-20-34)31-13-17-33(18-14-31)37-24-48-42(51-37)39-11-7-21-56(39)44(58)36(53-47(62)63-3)23-35-27-55(28-50-35)26-30-9-5-4-6-10-30/h4-6,9-10,13-20,24-25,27-29,36,39-41,54H,7-8,11-12,21-23,26H2,1-3H3,(H,48,51)(H,49,52)(H,53,62)(H,60,61)/t36-,39?,40-,41-/m0/s1. The number of aromatic nitrogens is 6. The molecule has 0 spiro atoms. The SMILES string of the molecule is COC(=O)N[C@@H](Cc1cn(Cc2ccccc2)cn1)C(=O)N1CCCC1c1ncc(-c2ccc(-c3ccc(-c4cnc([C@@H]5CCCN5C(=O)[C@@H](NC(=O)O)C(C)C)[nH]4)cc3)cc2)[nH]1. The third-order valence-electron chi connectivity index (χ3n) is 11.9. The lowest BCUT2D eigenvalue weighted by molar-refractivity contribution is -0.135. The minimum Gasteiger partial charge on any atom is -0.465 e. The van der Waals surface area contributed by atoms with Crippen LogP contribution in [0.15, 0.2) is 104 Å². The Bertz CT molecular complexity index is 2530. The number of ether oxygens (including phenoxy) is 1. The smallest absolute Gasteiger partial charge is 0.407 e. The molecule has 0 aliphatic carbocycles. The molecular weight excluding hydrogens is 801 g/mol. The van der Waals surface area contributed by atoms with Gasteiger partial charge in [-0.05, 0) is 59.4 Å². The van der Waals surface area contributed by atoms with Crippen molar-refractivity contribution in [1.29, 1.82) is 0 Å². The minimum absolute atomic E-state index is 0.194. The fourth-order valence-electron chi connectivity index (χ4n) is 8.65. The zero-order valence-electron chi connectivity index (χ0n) is 35.5. The van der Waals surface area contributed by atoms with E-state index in [1.54, 1.807) is 28.5 Å². The van der Waals surface area contributed by atoms with Gasteiger partial charge in [-0.1, -0.05) is 92.7 Å². The van der Waals surface area contributed by atoms with Crippen LogP contribution in [-0.4, -0.2) is 101 Å².